The number of aliphatic imine (C=N–C) groups is 1. The molecule has 0 aromatic rings. The van der Waals surface area contributed by atoms with E-state index in [9.17, 15) is 0 Å². The fourth-order valence-electron chi connectivity index (χ4n) is 1.74. The van der Waals surface area contributed by atoms with Crippen LogP contribution in [-0.2, 0) is 0 Å². The van der Waals surface area contributed by atoms with Crippen LogP contribution in [0.4, 0.5) is 0 Å². The lowest BCUT2D eigenvalue weighted by atomic mass is 10.1. The van der Waals surface area contributed by atoms with Gasteiger partial charge in [0.25, 0.3) is 0 Å². The van der Waals surface area contributed by atoms with E-state index in [0.717, 1.165) is 30.8 Å². The summed E-state index contributed by atoms with van der Waals surface area (Å²) in [6.45, 7) is 9.02. The van der Waals surface area contributed by atoms with Gasteiger partial charge in [0.1, 0.15) is 0 Å². The standard InChI is InChI=1S/C11H20N2S/c1-7(2)10-6-13-11(14-10)12-5-9-4-8(9)3/h7-10H,4-6H2,1-3H3,(H,12,13). The van der Waals surface area contributed by atoms with E-state index in [1.165, 1.54) is 11.6 Å². The van der Waals surface area contributed by atoms with Crippen LogP contribution >= 0.6 is 11.8 Å². The van der Waals surface area contributed by atoms with Crippen LogP contribution < -0.4 is 5.32 Å². The molecule has 2 rings (SSSR count). The molecule has 3 heteroatoms. The molecule has 3 atom stereocenters. The number of hydrogen-bond donors (Lipinski definition) is 1. The van der Waals surface area contributed by atoms with Gasteiger partial charge in [0.2, 0.25) is 0 Å². The molecule has 1 aliphatic carbocycles. The Hall–Kier alpha value is -0.180. The lowest BCUT2D eigenvalue weighted by Crippen LogP contribution is -2.23. The van der Waals surface area contributed by atoms with Crippen LogP contribution in [0.2, 0.25) is 0 Å². The van der Waals surface area contributed by atoms with Crippen molar-refractivity contribution in [1.29, 1.82) is 0 Å². The molecule has 14 heavy (non-hydrogen) atoms. The van der Waals surface area contributed by atoms with E-state index in [1.54, 1.807) is 0 Å². The van der Waals surface area contributed by atoms with Crippen molar-refractivity contribution >= 4 is 16.9 Å². The number of amidine groups is 1. The smallest absolute Gasteiger partial charge is 0.156 e. The van der Waals surface area contributed by atoms with Gasteiger partial charge in [-0.25, -0.2) is 0 Å². The van der Waals surface area contributed by atoms with E-state index in [2.05, 4.69) is 31.1 Å². The summed E-state index contributed by atoms with van der Waals surface area (Å²) in [4.78, 5) is 4.53. The Kier molecular flexibility index (Phi) is 3.05. The number of hydrogen-bond acceptors (Lipinski definition) is 3. The van der Waals surface area contributed by atoms with Crippen molar-refractivity contribution in [2.24, 2.45) is 22.7 Å². The van der Waals surface area contributed by atoms with Crippen LogP contribution in [0.25, 0.3) is 0 Å². The summed E-state index contributed by atoms with van der Waals surface area (Å²) in [6.07, 6.45) is 1.40. The van der Waals surface area contributed by atoms with Gasteiger partial charge in [-0.05, 0) is 24.2 Å². The van der Waals surface area contributed by atoms with Crippen molar-refractivity contribution in [2.45, 2.75) is 32.4 Å². The Morgan fingerprint density at radius 1 is 1.57 bits per heavy atom. The molecule has 0 bridgehead atoms. The van der Waals surface area contributed by atoms with Crippen LogP contribution in [0.5, 0.6) is 0 Å². The maximum atomic E-state index is 4.53. The molecule has 0 spiro atoms. The summed E-state index contributed by atoms with van der Waals surface area (Å²) in [6, 6.07) is 0. The third-order valence-electron chi connectivity index (χ3n) is 3.21. The maximum Gasteiger partial charge on any atom is 0.156 e. The van der Waals surface area contributed by atoms with E-state index in [1.807, 2.05) is 11.8 Å². The predicted molar refractivity (Wildman–Crippen MR) is 63.8 cm³/mol. The van der Waals surface area contributed by atoms with Crippen LogP contribution in [0.15, 0.2) is 4.99 Å². The first-order chi connectivity index (χ1) is 6.66. The number of nitrogens with one attached hydrogen (secondary N) is 1. The molecule has 2 nitrogen and oxygen atoms in total. The number of rotatable bonds is 3. The van der Waals surface area contributed by atoms with Crippen molar-refractivity contribution in [3.05, 3.63) is 0 Å². The Morgan fingerprint density at radius 3 is 2.79 bits per heavy atom. The first-order valence-electron chi connectivity index (χ1n) is 5.61. The zero-order valence-corrected chi connectivity index (χ0v) is 10.1. The zero-order chi connectivity index (χ0) is 10.1. The number of thioether (sulfide) groups is 1. The van der Waals surface area contributed by atoms with Crippen molar-refractivity contribution < 1.29 is 0 Å². The molecule has 0 aromatic carbocycles. The van der Waals surface area contributed by atoms with E-state index in [0.29, 0.717) is 5.25 Å². The van der Waals surface area contributed by atoms with Crippen LogP contribution in [0.1, 0.15) is 27.2 Å². The first-order valence-corrected chi connectivity index (χ1v) is 6.49. The molecule has 1 N–H and O–H groups in total. The third-order valence-corrected chi connectivity index (χ3v) is 4.71. The average Bonchev–Trinajstić information content (AvgIpc) is 2.68. The van der Waals surface area contributed by atoms with Gasteiger partial charge >= 0.3 is 0 Å². The van der Waals surface area contributed by atoms with Crippen molar-refractivity contribution in [2.75, 3.05) is 13.1 Å². The quantitative estimate of drug-likeness (QED) is 0.776. The van der Waals surface area contributed by atoms with Crippen LogP contribution in [0, 0.1) is 17.8 Å². The molecular weight excluding hydrogens is 192 g/mol. The molecule has 0 amide bonds. The Balaban J connectivity index is 1.68. The van der Waals surface area contributed by atoms with Gasteiger partial charge in [0.05, 0.1) is 6.54 Å². The molecule has 3 unspecified atom stereocenters. The van der Waals surface area contributed by atoms with Gasteiger partial charge in [-0.3, -0.25) is 4.99 Å². The summed E-state index contributed by atoms with van der Waals surface area (Å²) in [7, 11) is 0. The lowest BCUT2D eigenvalue weighted by molar-refractivity contribution is 0.621. The molecule has 1 saturated carbocycles. The van der Waals surface area contributed by atoms with Crippen molar-refractivity contribution in [3.63, 3.8) is 0 Å². The second-order valence-electron chi connectivity index (χ2n) is 4.90. The van der Waals surface area contributed by atoms with Crippen molar-refractivity contribution in [1.82, 2.24) is 5.32 Å². The fourth-order valence-corrected chi connectivity index (χ4v) is 2.76. The summed E-state index contributed by atoms with van der Waals surface area (Å²) < 4.78 is 0. The topological polar surface area (TPSA) is 24.4 Å². The van der Waals surface area contributed by atoms with Gasteiger partial charge in [-0.2, -0.15) is 0 Å². The highest BCUT2D eigenvalue weighted by Gasteiger charge is 2.32. The van der Waals surface area contributed by atoms with E-state index in [-0.39, 0.29) is 0 Å². The normalized spacial score (nSPS) is 36.0. The highest BCUT2D eigenvalue weighted by molar-refractivity contribution is 8.14. The maximum absolute atomic E-state index is 4.53. The molecule has 0 aromatic heterocycles. The van der Waals surface area contributed by atoms with E-state index < -0.39 is 0 Å². The van der Waals surface area contributed by atoms with Gasteiger partial charge in [-0.15, -0.1) is 0 Å². The molecule has 1 aliphatic heterocycles. The minimum Gasteiger partial charge on any atom is -0.365 e. The number of nitrogens with zero attached hydrogens (tertiary/aromatic N) is 1. The van der Waals surface area contributed by atoms with Crippen molar-refractivity contribution in [3.8, 4) is 0 Å². The summed E-state index contributed by atoms with van der Waals surface area (Å²) in [5.74, 6) is 2.59. The second kappa shape index (κ2) is 4.13. The van der Waals surface area contributed by atoms with Gasteiger partial charge in [-0.1, -0.05) is 32.5 Å². The molecule has 2 aliphatic rings. The van der Waals surface area contributed by atoms with E-state index >= 15 is 0 Å². The molecule has 0 saturated heterocycles. The highest BCUT2D eigenvalue weighted by atomic mass is 32.2. The molecule has 1 fully saturated rings. The van der Waals surface area contributed by atoms with E-state index in [4.69, 9.17) is 0 Å². The van der Waals surface area contributed by atoms with Crippen LogP contribution in [-0.4, -0.2) is 23.5 Å². The monoisotopic (exact) mass is 212 g/mol. The minimum absolute atomic E-state index is 0.703. The summed E-state index contributed by atoms with van der Waals surface area (Å²) >= 11 is 1.93. The van der Waals surface area contributed by atoms with Gasteiger partial charge in [0, 0.05) is 11.8 Å². The minimum atomic E-state index is 0.703. The molecule has 0 radical (unpaired) electrons. The predicted octanol–water partition coefficient (Wildman–Crippen LogP) is 2.36. The summed E-state index contributed by atoms with van der Waals surface area (Å²) in [5, 5.41) is 5.36. The Morgan fingerprint density at radius 2 is 2.29 bits per heavy atom. The highest BCUT2D eigenvalue weighted by Crippen LogP contribution is 2.37. The molecule has 80 valence electrons. The van der Waals surface area contributed by atoms with Gasteiger partial charge in [0.15, 0.2) is 5.17 Å². The lowest BCUT2D eigenvalue weighted by Gasteiger charge is -2.12. The third kappa shape index (κ3) is 2.44. The summed E-state index contributed by atoms with van der Waals surface area (Å²) in [5.41, 5.74) is 0. The molecular formula is C11H20N2S. The zero-order valence-electron chi connectivity index (χ0n) is 9.29. The Labute approximate surface area is 90.9 Å². The van der Waals surface area contributed by atoms with Crippen LogP contribution in [0.3, 0.4) is 0 Å². The first kappa shape index (κ1) is 10.3. The fraction of sp³-hybridized carbons (Fsp3) is 0.909. The van der Waals surface area contributed by atoms with Gasteiger partial charge < -0.3 is 5.32 Å². The SMILES string of the molecule is CC(C)C1CN=C(NCC2CC2C)S1. The molecule has 1 heterocycles. The second-order valence-corrected chi connectivity index (χ2v) is 6.13. The Bertz CT molecular complexity index is 237. The largest absolute Gasteiger partial charge is 0.365 e. The average molecular weight is 212 g/mol.